The van der Waals surface area contributed by atoms with Crippen molar-refractivity contribution in [1.82, 2.24) is 5.32 Å². The Labute approximate surface area is 82.4 Å². The van der Waals surface area contributed by atoms with Gasteiger partial charge in [0.1, 0.15) is 6.54 Å². The summed E-state index contributed by atoms with van der Waals surface area (Å²) < 4.78 is 0. The minimum atomic E-state index is -0.386. The number of amides is 1. The van der Waals surface area contributed by atoms with Gasteiger partial charge in [-0.1, -0.05) is 25.6 Å². The van der Waals surface area contributed by atoms with Crippen molar-refractivity contribution in [2.24, 2.45) is 16.6 Å². The van der Waals surface area contributed by atoms with Crippen molar-refractivity contribution in [1.29, 1.82) is 0 Å². The minimum Gasteiger partial charge on any atom is -0.368 e. The maximum atomic E-state index is 10.4. The molecule has 1 aliphatic heterocycles. The van der Waals surface area contributed by atoms with Gasteiger partial charge >= 0.3 is 0 Å². The third kappa shape index (κ3) is 3.26. The van der Waals surface area contributed by atoms with Crippen LogP contribution in [0.25, 0.3) is 0 Å². The van der Waals surface area contributed by atoms with Gasteiger partial charge in [0.05, 0.1) is 0 Å². The smallest absolute Gasteiger partial charge is 0.239 e. The summed E-state index contributed by atoms with van der Waals surface area (Å²) in [5.41, 5.74) is 4.98. The number of primary amides is 1. The summed E-state index contributed by atoms with van der Waals surface area (Å²) in [5, 5.41) is 4.10. The summed E-state index contributed by atoms with van der Waals surface area (Å²) in [4.78, 5) is 14.5. The molecule has 0 aromatic carbocycles. The lowest BCUT2D eigenvalue weighted by molar-refractivity contribution is -0.116. The van der Waals surface area contributed by atoms with E-state index >= 15 is 0 Å². The van der Waals surface area contributed by atoms with E-state index in [1.165, 1.54) is 0 Å². The van der Waals surface area contributed by atoms with Gasteiger partial charge in [-0.15, -0.1) is 0 Å². The molecule has 4 nitrogen and oxygen atoms in total. The van der Waals surface area contributed by atoms with Gasteiger partial charge in [0.15, 0.2) is 5.17 Å². The molecule has 0 radical (unpaired) electrons. The van der Waals surface area contributed by atoms with Gasteiger partial charge in [-0.05, 0) is 5.92 Å². The van der Waals surface area contributed by atoms with Crippen LogP contribution in [0.3, 0.4) is 0 Å². The van der Waals surface area contributed by atoms with E-state index in [9.17, 15) is 4.79 Å². The van der Waals surface area contributed by atoms with Crippen LogP contribution in [0.4, 0.5) is 0 Å². The second-order valence-corrected chi connectivity index (χ2v) is 4.40. The van der Waals surface area contributed by atoms with Gasteiger partial charge in [0.25, 0.3) is 0 Å². The number of carbonyl (C=O) groups is 1. The molecule has 1 aliphatic rings. The van der Waals surface area contributed by atoms with Crippen molar-refractivity contribution in [3.8, 4) is 0 Å². The van der Waals surface area contributed by atoms with Crippen LogP contribution >= 0.6 is 11.8 Å². The number of thioether (sulfide) groups is 1. The largest absolute Gasteiger partial charge is 0.368 e. The summed E-state index contributed by atoms with van der Waals surface area (Å²) >= 11 is 1.65. The molecule has 0 aromatic heterocycles. The number of rotatable bonds is 3. The highest BCUT2D eigenvalue weighted by molar-refractivity contribution is 8.14. The Balaban J connectivity index is 2.40. The van der Waals surface area contributed by atoms with Gasteiger partial charge < -0.3 is 11.1 Å². The van der Waals surface area contributed by atoms with E-state index in [0.29, 0.717) is 12.0 Å². The van der Waals surface area contributed by atoms with Gasteiger partial charge in [0.2, 0.25) is 5.91 Å². The average molecular weight is 201 g/mol. The molecule has 1 atom stereocenters. The lowest BCUT2D eigenvalue weighted by Crippen LogP contribution is -2.32. The highest BCUT2D eigenvalue weighted by atomic mass is 32.2. The van der Waals surface area contributed by atoms with Crippen LogP contribution in [0, 0.1) is 5.92 Å². The van der Waals surface area contributed by atoms with E-state index in [0.717, 1.165) is 10.9 Å². The van der Waals surface area contributed by atoms with Gasteiger partial charge in [-0.2, -0.15) is 0 Å². The van der Waals surface area contributed by atoms with E-state index in [1.54, 1.807) is 11.8 Å². The SMILES string of the molecule is CC(C)[C@H]1CSC(=NCC(N)=O)N1. The van der Waals surface area contributed by atoms with Crippen molar-refractivity contribution < 1.29 is 4.79 Å². The number of hydrogen-bond donors (Lipinski definition) is 2. The number of aliphatic imine (C=N–C) groups is 1. The Hall–Kier alpha value is -0.710. The van der Waals surface area contributed by atoms with Crippen LogP contribution in [0.2, 0.25) is 0 Å². The molecule has 3 N–H and O–H groups in total. The van der Waals surface area contributed by atoms with E-state index in [-0.39, 0.29) is 12.5 Å². The minimum absolute atomic E-state index is 0.0835. The van der Waals surface area contributed by atoms with Gasteiger partial charge in [-0.3, -0.25) is 9.79 Å². The predicted octanol–water partition coefficient (Wildman–Crippen LogP) is 0.189. The van der Waals surface area contributed by atoms with Crippen molar-refractivity contribution in [3.63, 3.8) is 0 Å². The number of nitrogens with zero attached hydrogens (tertiary/aromatic N) is 1. The first kappa shape index (κ1) is 10.4. The van der Waals surface area contributed by atoms with Crippen molar-refractivity contribution in [3.05, 3.63) is 0 Å². The average Bonchev–Trinajstić information content (AvgIpc) is 2.48. The Morgan fingerprint density at radius 1 is 1.85 bits per heavy atom. The zero-order valence-corrected chi connectivity index (χ0v) is 8.73. The summed E-state index contributed by atoms with van der Waals surface area (Å²) in [5.74, 6) is 1.23. The topological polar surface area (TPSA) is 67.5 Å². The van der Waals surface area contributed by atoms with Gasteiger partial charge in [0, 0.05) is 11.8 Å². The lowest BCUT2D eigenvalue weighted by Gasteiger charge is -2.12. The van der Waals surface area contributed by atoms with Crippen LogP contribution in [-0.4, -0.2) is 29.4 Å². The van der Waals surface area contributed by atoms with Crippen molar-refractivity contribution in [2.45, 2.75) is 19.9 Å². The third-order valence-corrected chi connectivity index (χ3v) is 2.94. The molecule has 5 heteroatoms. The van der Waals surface area contributed by atoms with Gasteiger partial charge in [-0.25, -0.2) is 0 Å². The molecule has 0 bridgehead atoms. The quantitative estimate of drug-likeness (QED) is 0.685. The lowest BCUT2D eigenvalue weighted by atomic mass is 10.1. The van der Waals surface area contributed by atoms with Crippen LogP contribution in [-0.2, 0) is 4.79 Å². The Kier molecular flexibility index (Phi) is 3.59. The van der Waals surface area contributed by atoms with E-state index in [4.69, 9.17) is 5.73 Å². The fourth-order valence-electron chi connectivity index (χ4n) is 1.01. The van der Waals surface area contributed by atoms with Crippen LogP contribution in [0.1, 0.15) is 13.8 Å². The number of hydrogen-bond acceptors (Lipinski definition) is 3. The summed E-state index contributed by atoms with van der Waals surface area (Å²) in [6, 6.07) is 0.469. The fourth-order valence-corrected chi connectivity index (χ4v) is 2.21. The van der Waals surface area contributed by atoms with Crippen LogP contribution in [0.15, 0.2) is 4.99 Å². The number of amidine groups is 1. The molecule has 13 heavy (non-hydrogen) atoms. The molecule has 0 aliphatic carbocycles. The Morgan fingerprint density at radius 3 is 3.00 bits per heavy atom. The maximum Gasteiger partial charge on any atom is 0.239 e. The summed E-state index contributed by atoms with van der Waals surface area (Å²) in [6.45, 7) is 4.41. The highest BCUT2D eigenvalue weighted by Gasteiger charge is 2.22. The predicted molar refractivity (Wildman–Crippen MR) is 55.7 cm³/mol. The molecule has 1 rings (SSSR count). The van der Waals surface area contributed by atoms with Crippen molar-refractivity contribution >= 4 is 22.8 Å². The third-order valence-electron chi connectivity index (χ3n) is 1.89. The number of nitrogens with one attached hydrogen (secondary N) is 1. The fraction of sp³-hybridized carbons (Fsp3) is 0.750. The molecule has 1 heterocycles. The molecule has 0 spiro atoms. The standard InChI is InChI=1S/C8H15N3OS/c1-5(2)6-4-13-8(11-6)10-3-7(9)12/h5-6H,3-4H2,1-2H3,(H2,9,12)(H,10,11)/t6-/m1/s1. The first-order valence-corrected chi connectivity index (χ1v) is 5.30. The zero-order chi connectivity index (χ0) is 9.84. The Morgan fingerprint density at radius 2 is 2.54 bits per heavy atom. The molecule has 0 saturated carbocycles. The molecular formula is C8H15N3OS. The molecule has 1 saturated heterocycles. The van der Waals surface area contributed by atoms with E-state index < -0.39 is 0 Å². The zero-order valence-electron chi connectivity index (χ0n) is 7.91. The number of carbonyl (C=O) groups excluding carboxylic acids is 1. The van der Waals surface area contributed by atoms with E-state index in [2.05, 4.69) is 24.2 Å². The molecule has 1 fully saturated rings. The van der Waals surface area contributed by atoms with Crippen LogP contribution < -0.4 is 11.1 Å². The van der Waals surface area contributed by atoms with Crippen molar-refractivity contribution in [2.75, 3.05) is 12.3 Å². The normalized spacial score (nSPS) is 25.2. The Bertz CT molecular complexity index is 227. The molecular weight excluding hydrogens is 186 g/mol. The summed E-state index contributed by atoms with van der Waals surface area (Å²) in [6.07, 6.45) is 0. The second-order valence-electron chi connectivity index (χ2n) is 3.39. The maximum absolute atomic E-state index is 10.4. The first-order chi connectivity index (χ1) is 6.09. The molecule has 1 amide bonds. The van der Waals surface area contributed by atoms with Crippen LogP contribution in [0.5, 0.6) is 0 Å². The highest BCUT2D eigenvalue weighted by Crippen LogP contribution is 2.18. The summed E-state index contributed by atoms with van der Waals surface area (Å²) in [7, 11) is 0. The molecule has 0 unspecified atom stereocenters. The van der Waals surface area contributed by atoms with E-state index in [1.807, 2.05) is 0 Å². The first-order valence-electron chi connectivity index (χ1n) is 4.31. The number of nitrogens with two attached hydrogens (primary N) is 1. The molecule has 74 valence electrons. The monoisotopic (exact) mass is 201 g/mol. The second kappa shape index (κ2) is 4.50. The molecule has 0 aromatic rings.